The number of likely N-dealkylation sites (tertiary alicyclic amines) is 1. The van der Waals surface area contributed by atoms with Crippen molar-refractivity contribution >= 4 is 81.4 Å². The molecule has 7 amide bonds. The minimum Gasteiger partial charge on any atom is -0.870 e. The average molecular weight is 1870 g/mol. The molecule has 8 aromatic rings. The van der Waals surface area contributed by atoms with Gasteiger partial charge in [0.05, 0.1) is 51.6 Å². The number of cyclic esters (lactones) is 2. The van der Waals surface area contributed by atoms with Crippen LogP contribution in [-0.4, -0.2) is 254 Å². The van der Waals surface area contributed by atoms with Gasteiger partial charge < -0.3 is 79.2 Å². The van der Waals surface area contributed by atoms with Crippen molar-refractivity contribution in [1.82, 2.24) is 70.6 Å². The molecular formula is C101H131FKN14O17-. The Bertz CT molecular complexity index is 5620. The summed E-state index contributed by atoms with van der Waals surface area (Å²) in [5.74, 6) is -4.51. The molecule has 16 rings (SSSR count). The van der Waals surface area contributed by atoms with Crippen molar-refractivity contribution in [2.45, 2.75) is 222 Å². The van der Waals surface area contributed by atoms with Gasteiger partial charge in [0, 0.05) is 148 Å². The third kappa shape index (κ3) is 24.2. The molecule has 8 aliphatic rings. The van der Waals surface area contributed by atoms with E-state index in [1.165, 1.54) is 30.9 Å². The van der Waals surface area contributed by atoms with Crippen LogP contribution in [0.3, 0.4) is 0 Å². The predicted molar refractivity (Wildman–Crippen MR) is 501 cm³/mol. The molecule has 12 bridgehead atoms. The number of aryl methyl sites for hydroxylation is 4. The molecule has 6 fully saturated rings. The summed E-state index contributed by atoms with van der Waals surface area (Å²) in [6.07, 6.45) is 14.7. The van der Waals surface area contributed by atoms with E-state index in [9.17, 15) is 62.5 Å². The van der Waals surface area contributed by atoms with Crippen LogP contribution in [0, 0.1) is 34.5 Å². The fraction of sp³-hybridized carbons (Fsp3) is 0.525. The first kappa shape index (κ1) is 103. The fourth-order valence-electron chi connectivity index (χ4n) is 19.7. The van der Waals surface area contributed by atoms with Gasteiger partial charge in [-0.2, -0.15) is 0 Å². The molecule has 4 aromatic carbocycles. The number of ether oxygens (including phenoxy) is 4. The summed E-state index contributed by atoms with van der Waals surface area (Å²) in [6.45, 7) is 29.7. The summed E-state index contributed by atoms with van der Waals surface area (Å²) >= 11 is 0. The Balaban J connectivity index is 0.000000237. The fourth-order valence-corrected chi connectivity index (χ4v) is 19.7. The number of fused-ring (bicyclic) bond motifs is 12. The number of hydrogen-bond donors (Lipinski definition) is 7. The van der Waals surface area contributed by atoms with Crippen LogP contribution in [0.1, 0.15) is 156 Å². The van der Waals surface area contributed by atoms with Gasteiger partial charge in [-0.05, 0) is 219 Å². The largest absolute Gasteiger partial charge is 1.00 e. The van der Waals surface area contributed by atoms with Gasteiger partial charge in [-0.1, -0.05) is 93.5 Å². The van der Waals surface area contributed by atoms with E-state index in [2.05, 4.69) is 148 Å². The minimum absolute atomic E-state index is 0. The number of amides is 7. The van der Waals surface area contributed by atoms with E-state index in [0.29, 0.717) is 102 Å². The number of aromatic nitrogens is 4. The normalized spacial score (nSPS) is 21.9. The number of pyridine rings is 2. The van der Waals surface area contributed by atoms with Crippen molar-refractivity contribution in [2.75, 3.05) is 86.9 Å². The maximum atomic E-state index is 14.7. The molecule has 12 heterocycles. The van der Waals surface area contributed by atoms with Crippen molar-refractivity contribution in [1.29, 1.82) is 0 Å². The van der Waals surface area contributed by atoms with E-state index in [1.54, 1.807) is 49.5 Å². The van der Waals surface area contributed by atoms with Crippen LogP contribution in [0.2, 0.25) is 0 Å². The van der Waals surface area contributed by atoms with Gasteiger partial charge in [0.15, 0.2) is 6.10 Å². The van der Waals surface area contributed by atoms with Gasteiger partial charge in [0.1, 0.15) is 47.8 Å². The Hall–Kier alpha value is -9.91. The molecule has 31 nitrogen and oxygen atoms in total. The maximum absolute atomic E-state index is 14.7. The number of epoxide rings is 2. The van der Waals surface area contributed by atoms with E-state index < -0.39 is 102 Å². The topological polar surface area (TPSA) is 397 Å². The first-order valence-corrected chi connectivity index (χ1v) is 46.5. The molecular weight excluding hydrogens is 1740 g/mol. The van der Waals surface area contributed by atoms with Crippen molar-refractivity contribution < 1.29 is 140 Å². The summed E-state index contributed by atoms with van der Waals surface area (Å²) in [5, 5.41) is 36.7. The standard InChI is InChI=1S/C50H63N7O8.C47H61N7O6.C3H3O2.CH3F.K.H2O/c1-8-31-14-16-51-25-38(31)44-37-24-50(5,6)28-65-49(63)39-11-10-17-57(53-39)47(61)40(21-30-19-34(22-35(58)20-30)32-12-13-41(36(37)23-32)56(44)9-2)52-45(59)43(29(3)4)54(7)46(60)33-15-18-55(26-33)48(62)42-27-64-42;1-8-30-14-16-49-26-37(30)42-36-24-47(5,6)27-60-46(59)38-11-10-18-54(51-38)45(58)39(50-43(56)41(28(3)4)52(7)44(57)32-15-17-48-25-32)21-29-19-33(22-34(55)20-29)31-12-13-40(35(36)23-31)53(42)9-2;4-1-3-2-5-3;1-2;;/h12-14,16,19-20,22-23,25,29,33,39-40,42-43,53,58H,8-11,15,17-18,21,24,26-28H2,1-7H3,(H,52,59);12-14,16,19-20,22-23,26,28,32,38-39,41,48,51,55H,8-11,15,17-18,21,24-25,27H2,1-7H3,(H,50,56);3H,2H2;1H3;;1H2/q;;-1;;+1;/p-1/t33-,39-,40-,42-,43-;32-,38-,39-,41-;3-;;;/m001.../s1/i;;;1D;;. The van der Waals surface area contributed by atoms with Gasteiger partial charge in [-0.25, -0.2) is 17.1 Å². The molecule has 716 valence electrons. The number of nitrogens with zero attached hydrogens (tertiary/aromatic N) is 9. The second kappa shape index (κ2) is 45.8. The van der Waals surface area contributed by atoms with Gasteiger partial charge >= 0.3 is 63.3 Å². The zero-order chi connectivity index (χ0) is 95.6. The first-order chi connectivity index (χ1) is 63.6. The summed E-state index contributed by atoms with van der Waals surface area (Å²) in [6, 6.07) is 21.7. The van der Waals surface area contributed by atoms with Crippen LogP contribution in [0.15, 0.2) is 110 Å². The molecule has 8 aliphatic heterocycles. The zero-order valence-electron chi connectivity index (χ0n) is 81.0. The van der Waals surface area contributed by atoms with E-state index in [4.69, 9.17) is 15.6 Å². The average Bonchev–Trinajstić information content (AvgIpc) is 1.60. The SMILES string of the molecule is CCc1ccncc1-c1c2c3cc(ccc3n1CC)-c1cc(O)cc(c1)C[C@H](NC(=O)[C@H](C(C)C)N(C)C(=O)[C@H]1CCN(C(=O)[C@@H]3CO3)C1)C(=O)N1CCC[C@H](N1)C(=O)OCC(C)(C)C2.CCc1ccncc1-c1c2c3cc(ccc3n1CC)-c1cc(O)cc(c1)C[C@H](NC(=O)[C@H](C(C)C)N(C)C(=O)[C@H]1CCNC1)C(=O)N1CCC[C@H](N1)C(=O)OCC(C)(C)C2.O=[C-][C@@H]1CO1.[2H]CF.[K+].[OH-]. The second-order valence-electron chi connectivity index (χ2n) is 38.2. The number of aromatic hydroxyl groups is 2. The number of alkyl halides is 1. The number of halogens is 1. The molecule has 10 atom stereocenters. The molecule has 4 aromatic heterocycles. The number of carbonyl (C=O) groups excluding carboxylic acids is 10. The maximum Gasteiger partial charge on any atom is 1.00 e. The monoisotopic (exact) mass is 1870 g/mol. The summed E-state index contributed by atoms with van der Waals surface area (Å²) in [7, 11) is 2.25. The van der Waals surface area contributed by atoms with Crippen LogP contribution in [-0.2, 0) is 119 Å². The number of esters is 2. The van der Waals surface area contributed by atoms with Gasteiger partial charge in [-0.3, -0.25) is 67.5 Å². The number of hydrogen-bond acceptors (Lipinski definition) is 22. The van der Waals surface area contributed by atoms with Crippen molar-refractivity contribution in [3.05, 3.63) is 143 Å². The van der Waals surface area contributed by atoms with Crippen LogP contribution < -0.4 is 78.2 Å². The summed E-state index contributed by atoms with van der Waals surface area (Å²) in [4.78, 5) is 149. The summed E-state index contributed by atoms with van der Waals surface area (Å²) in [5.41, 5.74) is 20.7. The van der Waals surface area contributed by atoms with Crippen LogP contribution in [0.4, 0.5) is 4.39 Å². The Labute approximate surface area is 827 Å². The minimum atomic E-state index is -1.15. The number of phenolic OH excluding ortho intramolecular Hbond substituents is 2. The Morgan fingerprint density at radius 1 is 0.612 bits per heavy atom. The Kier molecular flexibility index (Phi) is 35.2. The molecule has 0 aliphatic carbocycles. The number of likely N-dealkylation sites (N-methyl/N-ethyl adjacent to an activating group) is 2. The molecule has 8 N–H and O–H groups in total. The molecule has 33 heteroatoms. The van der Waals surface area contributed by atoms with Crippen molar-refractivity contribution in [3.63, 3.8) is 0 Å². The van der Waals surface area contributed by atoms with Crippen LogP contribution in [0.25, 0.3) is 66.6 Å². The number of phenols is 2. The van der Waals surface area contributed by atoms with Gasteiger partial charge in [0.2, 0.25) is 23.6 Å². The number of nitrogens with one attached hydrogen (secondary N) is 5. The van der Waals surface area contributed by atoms with E-state index in [-0.39, 0.29) is 149 Å². The Morgan fingerprint density at radius 3 is 1.43 bits per heavy atom. The summed E-state index contributed by atoms with van der Waals surface area (Å²) < 4.78 is 42.0. The third-order valence-corrected chi connectivity index (χ3v) is 26.5. The molecule has 6 saturated heterocycles. The molecule has 0 radical (unpaired) electrons. The number of carbonyl (C=O) groups is 9. The number of rotatable bonds is 18. The molecule has 0 unspecified atom stereocenters. The van der Waals surface area contributed by atoms with E-state index in [1.807, 2.05) is 70.7 Å². The Morgan fingerprint density at radius 2 is 1.05 bits per heavy atom. The van der Waals surface area contributed by atoms with Crippen molar-refractivity contribution in [2.24, 2.45) is 34.5 Å². The third-order valence-electron chi connectivity index (χ3n) is 26.5. The van der Waals surface area contributed by atoms with Crippen LogP contribution in [0.5, 0.6) is 11.5 Å². The smallest absolute Gasteiger partial charge is 0.870 e. The molecule has 134 heavy (non-hydrogen) atoms. The zero-order valence-corrected chi connectivity index (χ0v) is 83.1. The van der Waals surface area contributed by atoms with E-state index >= 15 is 0 Å². The first-order valence-electron chi connectivity index (χ1n) is 47.2. The van der Waals surface area contributed by atoms with Crippen molar-refractivity contribution in [3.8, 4) is 56.3 Å². The molecule has 0 spiro atoms. The van der Waals surface area contributed by atoms with Gasteiger partial charge in [-0.15, -0.1) is 0 Å². The predicted octanol–water partition coefficient (Wildman–Crippen LogP) is 7.34. The van der Waals surface area contributed by atoms with Gasteiger partial charge in [0.25, 0.3) is 17.7 Å². The molecule has 0 saturated carbocycles. The van der Waals surface area contributed by atoms with E-state index in [0.717, 1.165) is 104 Å². The van der Waals surface area contributed by atoms with Crippen LogP contribution >= 0.6 is 0 Å². The quantitative estimate of drug-likeness (QED) is 0.0191. The second-order valence-corrected chi connectivity index (χ2v) is 38.2. The number of hydrazine groups is 2. The number of benzene rings is 4.